The lowest BCUT2D eigenvalue weighted by Crippen LogP contribution is -2.61. The highest BCUT2D eigenvalue weighted by Gasteiger charge is 2.52. The van der Waals surface area contributed by atoms with Gasteiger partial charge in [0.1, 0.15) is 5.54 Å². The standard InChI is InChI=1S/C21H23N3O3/c25-18-14-17(8-11-22-18)19(26)24-13-5-10-21(24)9-4-12-23(20(21)27)15-16-6-2-1-3-7-16/h1-3,6-8,11,14H,4-5,9-10,12-13,15H2,(H,22,25). The molecule has 2 aliphatic heterocycles. The van der Waals surface area contributed by atoms with Crippen LogP contribution in [0.3, 0.4) is 0 Å². The predicted octanol–water partition coefficient (Wildman–Crippen LogP) is 2.17. The van der Waals surface area contributed by atoms with Crippen LogP contribution in [0, 0.1) is 0 Å². The number of likely N-dealkylation sites (tertiary alicyclic amines) is 2. The molecule has 2 amide bonds. The molecular formula is C21H23N3O3. The minimum atomic E-state index is -0.771. The van der Waals surface area contributed by atoms with E-state index < -0.39 is 5.54 Å². The van der Waals surface area contributed by atoms with Gasteiger partial charge in [0.2, 0.25) is 11.5 Å². The Labute approximate surface area is 157 Å². The van der Waals surface area contributed by atoms with Crippen molar-refractivity contribution in [1.29, 1.82) is 0 Å². The van der Waals surface area contributed by atoms with E-state index in [9.17, 15) is 14.4 Å². The maximum absolute atomic E-state index is 13.4. The highest BCUT2D eigenvalue weighted by atomic mass is 16.2. The first kappa shape index (κ1) is 17.5. The predicted molar refractivity (Wildman–Crippen MR) is 101 cm³/mol. The first-order valence-electron chi connectivity index (χ1n) is 9.44. The number of rotatable bonds is 3. The molecule has 6 heteroatoms. The third-order valence-corrected chi connectivity index (χ3v) is 5.68. The zero-order chi connectivity index (χ0) is 18.9. The van der Waals surface area contributed by atoms with Gasteiger partial charge in [0, 0.05) is 37.5 Å². The summed E-state index contributed by atoms with van der Waals surface area (Å²) in [4.78, 5) is 44.2. The second-order valence-electron chi connectivity index (χ2n) is 7.35. The second-order valence-corrected chi connectivity index (χ2v) is 7.35. The molecule has 1 atom stereocenters. The van der Waals surface area contributed by atoms with Crippen molar-refractivity contribution in [2.24, 2.45) is 0 Å². The molecule has 1 spiro atoms. The van der Waals surface area contributed by atoms with Crippen LogP contribution in [-0.4, -0.2) is 45.2 Å². The molecule has 2 saturated heterocycles. The molecule has 1 unspecified atom stereocenters. The Balaban J connectivity index is 1.61. The van der Waals surface area contributed by atoms with Crippen molar-refractivity contribution in [3.63, 3.8) is 0 Å². The number of pyridine rings is 1. The average molecular weight is 365 g/mol. The fourth-order valence-electron chi connectivity index (χ4n) is 4.41. The lowest BCUT2D eigenvalue weighted by Gasteiger charge is -2.44. The van der Waals surface area contributed by atoms with E-state index in [0.29, 0.717) is 38.0 Å². The van der Waals surface area contributed by atoms with Crippen molar-refractivity contribution in [3.05, 3.63) is 70.1 Å². The summed E-state index contributed by atoms with van der Waals surface area (Å²) in [5.74, 6) is -0.193. The molecule has 27 heavy (non-hydrogen) atoms. The van der Waals surface area contributed by atoms with E-state index in [0.717, 1.165) is 18.4 Å². The highest BCUT2D eigenvalue weighted by Crippen LogP contribution is 2.39. The summed E-state index contributed by atoms with van der Waals surface area (Å²) in [7, 11) is 0. The Morgan fingerprint density at radius 3 is 2.52 bits per heavy atom. The Kier molecular flexibility index (Phi) is 4.56. The van der Waals surface area contributed by atoms with Gasteiger partial charge in [-0.3, -0.25) is 14.4 Å². The molecule has 3 heterocycles. The number of aromatic amines is 1. The van der Waals surface area contributed by atoms with Gasteiger partial charge in [-0.25, -0.2) is 0 Å². The largest absolute Gasteiger partial charge is 0.336 e. The maximum Gasteiger partial charge on any atom is 0.255 e. The summed E-state index contributed by atoms with van der Waals surface area (Å²) in [6.45, 7) is 1.83. The molecule has 1 N–H and O–H groups in total. The highest BCUT2D eigenvalue weighted by molar-refractivity contribution is 6.00. The first-order valence-corrected chi connectivity index (χ1v) is 9.44. The van der Waals surface area contributed by atoms with Gasteiger partial charge >= 0.3 is 0 Å². The molecule has 0 bridgehead atoms. The van der Waals surface area contributed by atoms with Crippen molar-refractivity contribution in [1.82, 2.24) is 14.8 Å². The van der Waals surface area contributed by atoms with E-state index in [1.165, 1.54) is 12.3 Å². The van der Waals surface area contributed by atoms with Crippen molar-refractivity contribution in [2.75, 3.05) is 13.1 Å². The first-order chi connectivity index (χ1) is 13.1. The quantitative estimate of drug-likeness (QED) is 0.906. The number of carbonyl (C=O) groups is 2. The Morgan fingerprint density at radius 1 is 1.04 bits per heavy atom. The van der Waals surface area contributed by atoms with Crippen LogP contribution in [0.2, 0.25) is 0 Å². The van der Waals surface area contributed by atoms with E-state index in [2.05, 4.69) is 4.98 Å². The summed E-state index contributed by atoms with van der Waals surface area (Å²) in [5, 5.41) is 0. The van der Waals surface area contributed by atoms with Crippen LogP contribution in [0.4, 0.5) is 0 Å². The second kappa shape index (κ2) is 7.02. The van der Waals surface area contributed by atoms with Gasteiger partial charge in [-0.15, -0.1) is 0 Å². The molecule has 2 aliphatic rings. The van der Waals surface area contributed by atoms with Gasteiger partial charge in [-0.05, 0) is 37.3 Å². The van der Waals surface area contributed by atoms with E-state index >= 15 is 0 Å². The number of nitrogens with zero attached hydrogens (tertiary/aromatic N) is 2. The maximum atomic E-state index is 13.4. The average Bonchev–Trinajstić information content (AvgIpc) is 3.10. The number of nitrogens with one attached hydrogen (secondary N) is 1. The molecule has 0 aliphatic carbocycles. The molecule has 4 rings (SSSR count). The number of carbonyl (C=O) groups excluding carboxylic acids is 2. The number of benzene rings is 1. The van der Waals surface area contributed by atoms with Gasteiger partial charge in [0.25, 0.3) is 5.91 Å². The number of hydrogen-bond acceptors (Lipinski definition) is 3. The summed E-state index contributed by atoms with van der Waals surface area (Å²) in [6.07, 6.45) is 4.53. The Morgan fingerprint density at radius 2 is 1.78 bits per heavy atom. The fourth-order valence-corrected chi connectivity index (χ4v) is 4.41. The molecule has 0 saturated carbocycles. The Bertz CT molecular complexity index is 908. The molecule has 1 aromatic heterocycles. The van der Waals surface area contributed by atoms with Gasteiger partial charge in [-0.2, -0.15) is 0 Å². The van der Waals surface area contributed by atoms with Crippen molar-refractivity contribution < 1.29 is 9.59 Å². The number of piperidine rings is 1. The monoisotopic (exact) mass is 365 g/mol. The Hall–Kier alpha value is -2.89. The lowest BCUT2D eigenvalue weighted by atomic mass is 9.84. The SMILES string of the molecule is O=C(c1cc[nH]c(=O)c1)N1CCCC12CCCN(Cc1ccccc1)C2=O. The lowest BCUT2D eigenvalue weighted by molar-refractivity contribution is -0.146. The minimum Gasteiger partial charge on any atom is -0.336 e. The van der Waals surface area contributed by atoms with Gasteiger partial charge in [-0.1, -0.05) is 30.3 Å². The molecule has 6 nitrogen and oxygen atoms in total. The summed E-state index contributed by atoms with van der Waals surface area (Å²) in [5.41, 5.74) is 0.350. The van der Waals surface area contributed by atoms with Crippen LogP contribution < -0.4 is 5.56 Å². The van der Waals surface area contributed by atoms with Crippen LogP contribution in [-0.2, 0) is 11.3 Å². The van der Waals surface area contributed by atoms with Crippen LogP contribution in [0.5, 0.6) is 0 Å². The summed E-state index contributed by atoms with van der Waals surface area (Å²) >= 11 is 0. The molecule has 2 aromatic rings. The van der Waals surface area contributed by atoms with Crippen LogP contribution in [0.15, 0.2) is 53.5 Å². The minimum absolute atomic E-state index is 0.0355. The van der Waals surface area contributed by atoms with Crippen LogP contribution in [0.25, 0.3) is 0 Å². The van der Waals surface area contributed by atoms with Crippen molar-refractivity contribution >= 4 is 11.8 Å². The number of aromatic nitrogens is 1. The smallest absolute Gasteiger partial charge is 0.255 e. The molecule has 0 radical (unpaired) electrons. The molecular weight excluding hydrogens is 342 g/mol. The number of H-pyrrole nitrogens is 1. The topological polar surface area (TPSA) is 73.5 Å². The number of hydrogen-bond donors (Lipinski definition) is 1. The third kappa shape index (κ3) is 3.16. The fraction of sp³-hybridized carbons (Fsp3) is 0.381. The van der Waals surface area contributed by atoms with Crippen molar-refractivity contribution in [2.45, 2.75) is 37.8 Å². The summed E-state index contributed by atoms with van der Waals surface area (Å²) < 4.78 is 0. The van der Waals surface area contributed by atoms with Crippen LogP contribution >= 0.6 is 0 Å². The van der Waals surface area contributed by atoms with E-state index in [-0.39, 0.29) is 17.4 Å². The van der Waals surface area contributed by atoms with Crippen LogP contribution in [0.1, 0.15) is 41.6 Å². The number of amides is 2. The van der Waals surface area contributed by atoms with Crippen molar-refractivity contribution in [3.8, 4) is 0 Å². The molecule has 140 valence electrons. The van der Waals surface area contributed by atoms with Gasteiger partial charge in [0.15, 0.2) is 0 Å². The third-order valence-electron chi connectivity index (χ3n) is 5.68. The molecule has 2 fully saturated rings. The molecule has 1 aromatic carbocycles. The summed E-state index contributed by atoms with van der Waals surface area (Å²) in [6, 6.07) is 12.8. The zero-order valence-electron chi connectivity index (χ0n) is 15.2. The van der Waals surface area contributed by atoms with Gasteiger partial charge in [0.05, 0.1) is 0 Å². The zero-order valence-corrected chi connectivity index (χ0v) is 15.2. The van der Waals surface area contributed by atoms with Gasteiger partial charge < -0.3 is 14.8 Å². The van der Waals surface area contributed by atoms with E-state index in [1.807, 2.05) is 35.2 Å². The van der Waals surface area contributed by atoms with E-state index in [4.69, 9.17) is 0 Å². The van der Waals surface area contributed by atoms with E-state index in [1.54, 1.807) is 11.0 Å². The normalized spacial score (nSPS) is 22.4.